The molecule has 0 unspecified atom stereocenters. The second kappa shape index (κ2) is 5.10. The lowest BCUT2D eigenvalue weighted by molar-refractivity contribution is 0.0176. The van der Waals surface area contributed by atoms with Crippen LogP contribution in [0.2, 0.25) is 0 Å². The maximum atomic E-state index is 12.1. The van der Waals surface area contributed by atoms with Crippen LogP contribution in [0.1, 0.15) is 10.4 Å². The molecule has 96 valence electrons. The van der Waals surface area contributed by atoms with Gasteiger partial charge in [0.1, 0.15) is 11.9 Å². The second-order valence-electron chi connectivity index (χ2n) is 4.50. The van der Waals surface area contributed by atoms with Gasteiger partial charge in [-0.25, -0.2) is 0 Å². The van der Waals surface area contributed by atoms with Crippen LogP contribution in [0.3, 0.4) is 0 Å². The first-order valence-electron chi connectivity index (χ1n) is 6.24. The third-order valence-electron chi connectivity index (χ3n) is 3.09. The van der Waals surface area contributed by atoms with Gasteiger partial charge in [-0.05, 0) is 24.3 Å². The predicted octanol–water partition coefficient (Wildman–Crippen LogP) is 1.98. The maximum absolute atomic E-state index is 12.1. The maximum Gasteiger partial charge on any atom is 0.254 e. The topological polar surface area (TPSA) is 42.4 Å². The monoisotopic (exact) mass is 254 g/mol. The molecule has 1 amide bonds. The van der Waals surface area contributed by atoms with E-state index in [1.165, 1.54) is 0 Å². The molecule has 2 aromatic rings. The van der Waals surface area contributed by atoms with Crippen LogP contribution < -0.4 is 4.74 Å². The number of ether oxygens (including phenoxy) is 1. The minimum atomic E-state index is 0.0617. The molecule has 1 saturated heterocycles. The van der Waals surface area contributed by atoms with Gasteiger partial charge in [0.05, 0.1) is 19.3 Å². The molecule has 0 aliphatic carbocycles. The van der Waals surface area contributed by atoms with Crippen molar-refractivity contribution in [2.45, 2.75) is 6.10 Å². The summed E-state index contributed by atoms with van der Waals surface area (Å²) in [5.41, 5.74) is 0.724. The van der Waals surface area contributed by atoms with Crippen LogP contribution in [0.4, 0.5) is 0 Å². The van der Waals surface area contributed by atoms with E-state index >= 15 is 0 Å². The van der Waals surface area contributed by atoms with E-state index in [9.17, 15) is 4.79 Å². The first-order valence-corrected chi connectivity index (χ1v) is 6.24. The average Bonchev–Trinajstić information content (AvgIpc) is 2.44. The van der Waals surface area contributed by atoms with Crippen molar-refractivity contribution in [1.29, 1.82) is 0 Å². The average molecular weight is 254 g/mol. The molecule has 3 rings (SSSR count). The zero-order chi connectivity index (χ0) is 13.1. The van der Waals surface area contributed by atoms with Crippen molar-refractivity contribution in [2.75, 3.05) is 13.1 Å². The number of rotatable bonds is 3. The van der Waals surface area contributed by atoms with Crippen molar-refractivity contribution in [3.63, 3.8) is 0 Å². The summed E-state index contributed by atoms with van der Waals surface area (Å²) in [6.07, 6.45) is 3.46. The van der Waals surface area contributed by atoms with E-state index in [1.54, 1.807) is 17.3 Å². The molecule has 1 aromatic heterocycles. The fourth-order valence-corrected chi connectivity index (χ4v) is 2.05. The second-order valence-corrected chi connectivity index (χ2v) is 4.50. The summed E-state index contributed by atoms with van der Waals surface area (Å²) in [7, 11) is 0. The largest absolute Gasteiger partial charge is 0.485 e. The first kappa shape index (κ1) is 11.7. The Labute approximate surface area is 111 Å². The number of likely N-dealkylation sites (tertiary alicyclic amines) is 1. The number of pyridine rings is 1. The van der Waals surface area contributed by atoms with E-state index in [1.807, 2.05) is 42.5 Å². The lowest BCUT2D eigenvalue weighted by Gasteiger charge is -2.38. The Hall–Kier alpha value is -2.36. The summed E-state index contributed by atoms with van der Waals surface area (Å²) in [6, 6.07) is 13.0. The molecule has 1 aromatic carbocycles. The van der Waals surface area contributed by atoms with Gasteiger partial charge in [-0.1, -0.05) is 18.2 Å². The quantitative estimate of drug-likeness (QED) is 0.841. The Morgan fingerprint density at radius 1 is 1.16 bits per heavy atom. The molecular weight excluding hydrogens is 240 g/mol. The van der Waals surface area contributed by atoms with Gasteiger partial charge in [0.25, 0.3) is 5.91 Å². The number of hydrogen-bond donors (Lipinski definition) is 0. The fourth-order valence-electron chi connectivity index (χ4n) is 2.05. The molecule has 0 atom stereocenters. The Kier molecular flexibility index (Phi) is 3.14. The number of hydrogen-bond acceptors (Lipinski definition) is 3. The van der Waals surface area contributed by atoms with Gasteiger partial charge in [-0.2, -0.15) is 0 Å². The molecule has 4 nitrogen and oxygen atoms in total. The zero-order valence-electron chi connectivity index (χ0n) is 10.4. The van der Waals surface area contributed by atoms with Crippen LogP contribution in [-0.2, 0) is 0 Å². The lowest BCUT2D eigenvalue weighted by atomic mass is 10.1. The van der Waals surface area contributed by atoms with Crippen molar-refractivity contribution < 1.29 is 9.53 Å². The van der Waals surface area contributed by atoms with E-state index < -0.39 is 0 Å². The molecule has 1 aliphatic rings. The van der Waals surface area contributed by atoms with Crippen LogP contribution in [0.25, 0.3) is 0 Å². The molecule has 1 aliphatic heterocycles. The molecule has 0 saturated carbocycles. The summed E-state index contributed by atoms with van der Waals surface area (Å²) in [5.74, 6) is 0.811. The van der Waals surface area contributed by atoms with Crippen molar-refractivity contribution in [2.24, 2.45) is 0 Å². The van der Waals surface area contributed by atoms with Crippen LogP contribution in [0, 0.1) is 0 Å². The highest BCUT2D eigenvalue weighted by Gasteiger charge is 2.32. The Morgan fingerprint density at radius 3 is 2.63 bits per heavy atom. The standard InChI is InChI=1S/C15H14N2O2/c18-15(12-5-2-1-3-6-12)17-10-14(11-17)19-13-7-4-8-16-9-13/h1-9,14H,10-11H2. The van der Waals surface area contributed by atoms with E-state index in [4.69, 9.17) is 4.74 Å². The Morgan fingerprint density at radius 2 is 1.95 bits per heavy atom. The predicted molar refractivity (Wildman–Crippen MR) is 71.0 cm³/mol. The molecule has 19 heavy (non-hydrogen) atoms. The van der Waals surface area contributed by atoms with Crippen LogP contribution in [-0.4, -0.2) is 35.0 Å². The summed E-state index contributed by atoms with van der Waals surface area (Å²) < 4.78 is 5.71. The summed E-state index contributed by atoms with van der Waals surface area (Å²) in [5, 5.41) is 0. The molecule has 4 heteroatoms. The SMILES string of the molecule is O=C(c1ccccc1)N1CC(Oc2cccnc2)C1. The molecule has 2 heterocycles. The van der Waals surface area contributed by atoms with Crippen LogP contribution in [0.15, 0.2) is 54.9 Å². The van der Waals surface area contributed by atoms with E-state index in [0.717, 1.165) is 11.3 Å². The van der Waals surface area contributed by atoms with Gasteiger partial charge < -0.3 is 9.64 Å². The fraction of sp³-hybridized carbons (Fsp3) is 0.200. The van der Waals surface area contributed by atoms with Crippen molar-refractivity contribution in [1.82, 2.24) is 9.88 Å². The smallest absolute Gasteiger partial charge is 0.254 e. The molecule has 1 fully saturated rings. The highest BCUT2D eigenvalue weighted by molar-refractivity contribution is 5.94. The summed E-state index contributed by atoms with van der Waals surface area (Å²) in [4.78, 5) is 17.9. The number of aromatic nitrogens is 1. The minimum absolute atomic E-state index is 0.0617. The zero-order valence-corrected chi connectivity index (χ0v) is 10.4. The summed E-state index contributed by atoms with van der Waals surface area (Å²) in [6.45, 7) is 1.26. The normalized spacial score (nSPS) is 14.8. The molecule has 0 N–H and O–H groups in total. The summed E-state index contributed by atoms with van der Waals surface area (Å²) >= 11 is 0. The van der Waals surface area contributed by atoms with Gasteiger partial charge in [0.2, 0.25) is 0 Å². The highest BCUT2D eigenvalue weighted by Crippen LogP contribution is 2.18. The molecule has 0 spiro atoms. The van der Waals surface area contributed by atoms with Crippen molar-refractivity contribution in [3.8, 4) is 5.75 Å². The first-order chi connectivity index (χ1) is 9.33. The number of benzene rings is 1. The van der Waals surface area contributed by atoms with Gasteiger partial charge >= 0.3 is 0 Å². The number of nitrogens with zero attached hydrogens (tertiary/aromatic N) is 2. The van der Waals surface area contributed by atoms with Crippen LogP contribution >= 0.6 is 0 Å². The number of carbonyl (C=O) groups is 1. The minimum Gasteiger partial charge on any atom is -0.485 e. The molecule has 0 radical (unpaired) electrons. The highest BCUT2D eigenvalue weighted by atomic mass is 16.5. The van der Waals surface area contributed by atoms with E-state index in [2.05, 4.69) is 4.98 Å². The molecular formula is C15H14N2O2. The van der Waals surface area contributed by atoms with Gasteiger partial charge in [-0.15, -0.1) is 0 Å². The van der Waals surface area contributed by atoms with Gasteiger partial charge in [0.15, 0.2) is 0 Å². The Balaban J connectivity index is 1.54. The van der Waals surface area contributed by atoms with Crippen molar-refractivity contribution >= 4 is 5.91 Å². The van der Waals surface area contributed by atoms with Gasteiger partial charge in [-0.3, -0.25) is 9.78 Å². The third kappa shape index (κ3) is 2.57. The molecule has 0 bridgehead atoms. The van der Waals surface area contributed by atoms with Gasteiger partial charge in [0, 0.05) is 11.8 Å². The number of carbonyl (C=O) groups excluding carboxylic acids is 1. The third-order valence-corrected chi connectivity index (χ3v) is 3.09. The lowest BCUT2D eigenvalue weighted by Crippen LogP contribution is -2.56. The van der Waals surface area contributed by atoms with E-state index in [-0.39, 0.29) is 12.0 Å². The van der Waals surface area contributed by atoms with E-state index in [0.29, 0.717) is 13.1 Å². The van der Waals surface area contributed by atoms with Crippen molar-refractivity contribution in [3.05, 3.63) is 60.4 Å². The van der Waals surface area contributed by atoms with Crippen LogP contribution in [0.5, 0.6) is 5.75 Å². The number of amides is 1. The Bertz CT molecular complexity index is 551.